The first-order valence-corrected chi connectivity index (χ1v) is 7.08. The number of carbonyl (C=O) groups excluding carboxylic acids is 1. The van der Waals surface area contributed by atoms with Crippen molar-refractivity contribution in [3.05, 3.63) is 23.8 Å². The van der Waals surface area contributed by atoms with Crippen LogP contribution >= 0.6 is 0 Å². The fraction of sp³-hybridized carbons (Fsp3) is 0.467. The molecular formula is C15H20N2O5. The highest BCUT2D eigenvalue weighted by atomic mass is 16.7. The van der Waals surface area contributed by atoms with Crippen molar-refractivity contribution in [3.63, 3.8) is 0 Å². The van der Waals surface area contributed by atoms with E-state index in [1.54, 1.807) is 19.1 Å². The van der Waals surface area contributed by atoms with Crippen LogP contribution in [0, 0.1) is 0 Å². The molecule has 1 amide bonds. The van der Waals surface area contributed by atoms with Crippen molar-refractivity contribution >= 4 is 12.1 Å². The molecule has 120 valence electrons. The highest BCUT2D eigenvalue weighted by Gasteiger charge is 2.33. The molecular weight excluding hydrogens is 288 g/mol. The van der Waals surface area contributed by atoms with E-state index in [-0.39, 0.29) is 18.1 Å². The first-order valence-electron chi connectivity index (χ1n) is 7.08. The Labute approximate surface area is 128 Å². The van der Waals surface area contributed by atoms with Crippen LogP contribution in [-0.4, -0.2) is 42.8 Å². The van der Waals surface area contributed by atoms with Gasteiger partial charge in [0.2, 0.25) is 5.91 Å². The van der Waals surface area contributed by atoms with Gasteiger partial charge in [-0.2, -0.15) is 5.10 Å². The van der Waals surface area contributed by atoms with Crippen LogP contribution in [0.5, 0.6) is 11.5 Å². The smallest absolute Gasteiger partial charge is 0.245 e. The summed E-state index contributed by atoms with van der Waals surface area (Å²) in [6.45, 7) is 4.97. The van der Waals surface area contributed by atoms with Crippen LogP contribution in [0.3, 0.4) is 0 Å². The first kappa shape index (κ1) is 16.3. The maximum Gasteiger partial charge on any atom is 0.245 e. The number of phenols is 1. The molecule has 1 aliphatic heterocycles. The predicted octanol–water partition coefficient (Wildman–Crippen LogP) is 1.39. The second kappa shape index (κ2) is 7.24. The number of carbonyl (C=O) groups is 1. The van der Waals surface area contributed by atoms with E-state index in [1.807, 2.05) is 6.92 Å². The summed E-state index contributed by atoms with van der Waals surface area (Å²) < 4.78 is 16.0. The number of amides is 1. The Morgan fingerprint density at radius 1 is 1.50 bits per heavy atom. The SMILES string of the molecule is CCOc1cc(/C=N\NC(=O)CC2(C)OCCO2)ccc1O. The fourth-order valence-corrected chi connectivity index (χ4v) is 2.05. The van der Waals surface area contributed by atoms with Gasteiger partial charge < -0.3 is 19.3 Å². The summed E-state index contributed by atoms with van der Waals surface area (Å²) >= 11 is 0. The minimum Gasteiger partial charge on any atom is -0.504 e. The van der Waals surface area contributed by atoms with Gasteiger partial charge in [0.05, 0.1) is 32.5 Å². The van der Waals surface area contributed by atoms with Gasteiger partial charge in [0.25, 0.3) is 0 Å². The van der Waals surface area contributed by atoms with Gasteiger partial charge in [-0.1, -0.05) is 0 Å². The van der Waals surface area contributed by atoms with Crippen molar-refractivity contribution in [1.29, 1.82) is 0 Å². The zero-order chi connectivity index (χ0) is 16.0. The van der Waals surface area contributed by atoms with E-state index in [4.69, 9.17) is 14.2 Å². The van der Waals surface area contributed by atoms with Crippen LogP contribution in [0.1, 0.15) is 25.8 Å². The van der Waals surface area contributed by atoms with E-state index in [2.05, 4.69) is 10.5 Å². The molecule has 2 N–H and O–H groups in total. The van der Waals surface area contributed by atoms with E-state index in [1.165, 1.54) is 12.3 Å². The van der Waals surface area contributed by atoms with Crippen molar-refractivity contribution in [1.82, 2.24) is 5.43 Å². The van der Waals surface area contributed by atoms with E-state index >= 15 is 0 Å². The third-order valence-electron chi connectivity index (χ3n) is 3.07. The highest BCUT2D eigenvalue weighted by molar-refractivity contribution is 5.83. The monoisotopic (exact) mass is 308 g/mol. The molecule has 0 saturated carbocycles. The van der Waals surface area contributed by atoms with Crippen molar-refractivity contribution < 1.29 is 24.1 Å². The zero-order valence-electron chi connectivity index (χ0n) is 12.7. The van der Waals surface area contributed by atoms with Crippen LogP contribution < -0.4 is 10.2 Å². The lowest BCUT2D eigenvalue weighted by molar-refractivity contribution is -0.159. The quantitative estimate of drug-likeness (QED) is 0.612. The number of ether oxygens (including phenoxy) is 3. The van der Waals surface area contributed by atoms with Gasteiger partial charge in [0.1, 0.15) is 0 Å². The molecule has 0 unspecified atom stereocenters. The summed E-state index contributed by atoms with van der Waals surface area (Å²) in [4.78, 5) is 11.8. The van der Waals surface area contributed by atoms with Crippen LogP contribution in [0.15, 0.2) is 23.3 Å². The molecule has 1 aliphatic rings. The summed E-state index contributed by atoms with van der Waals surface area (Å²) in [6, 6.07) is 4.81. The lowest BCUT2D eigenvalue weighted by Crippen LogP contribution is -2.33. The van der Waals surface area contributed by atoms with Crippen LogP contribution in [0.2, 0.25) is 0 Å². The number of hydrazone groups is 1. The normalized spacial score (nSPS) is 16.8. The molecule has 0 bridgehead atoms. The third kappa shape index (κ3) is 4.44. The van der Waals surface area contributed by atoms with Crippen molar-refractivity contribution in [3.8, 4) is 11.5 Å². The standard InChI is InChI=1S/C15H20N2O5/c1-3-20-13-8-11(4-5-12(13)18)10-16-17-14(19)9-15(2)21-6-7-22-15/h4-5,8,10,18H,3,6-7,9H2,1-2H3,(H,17,19)/b16-10-. The maximum absolute atomic E-state index is 11.8. The molecule has 1 fully saturated rings. The molecule has 22 heavy (non-hydrogen) atoms. The molecule has 7 nitrogen and oxygen atoms in total. The second-order valence-corrected chi connectivity index (χ2v) is 4.96. The fourth-order valence-electron chi connectivity index (χ4n) is 2.05. The van der Waals surface area contributed by atoms with Crippen LogP contribution in [0.4, 0.5) is 0 Å². The average Bonchev–Trinajstić information content (AvgIpc) is 2.89. The number of benzene rings is 1. The van der Waals surface area contributed by atoms with Gasteiger partial charge in [-0.15, -0.1) is 0 Å². The molecule has 7 heteroatoms. The van der Waals surface area contributed by atoms with E-state index in [0.29, 0.717) is 31.1 Å². The van der Waals surface area contributed by atoms with E-state index in [9.17, 15) is 9.90 Å². The van der Waals surface area contributed by atoms with E-state index in [0.717, 1.165) is 0 Å². The molecule has 1 aromatic rings. The molecule has 1 saturated heterocycles. The molecule has 0 spiro atoms. The largest absolute Gasteiger partial charge is 0.504 e. The van der Waals surface area contributed by atoms with Crippen LogP contribution in [-0.2, 0) is 14.3 Å². The Balaban J connectivity index is 1.89. The number of nitrogens with zero attached hydrogens (tertiary/aromatic N) is 1. The highest BCUT2D eigenvalue weighted by Crippen LogP contribution is 2.26. The summed E-state index contributed by atoms with van der Waals surface area (Å²) in [6.07, 6.45) is 1.54. The lowest BCUT2D eigenvalue weighted by atomic mass is 10.2. The Hall–Kier alpha value is -2.12. The van der Waals surface area contributed by atoms with E-state index < -0.39 is 5.79 Å². The summed E-state index contributed by atoms with van der Waals surface area (Å²) in [7, 11) is 0. The second-order valence-electron chi connectivity index (χ2n) is 4.96. The molecule has 0 radical (unpaired) electrons. The summed E-state index contributed by atoms with van der Waals surface area (Å²) in [5.41, 5.74) is 3.11. The molecule has 1 aromatic carbocycles. The number of phenolic OH excluding ortho intramolecular Hbond substituents is 1. The summed E-state index contributed by atoms with van der Waals surface area (Å²) in [5, 5.41) is 13.5. The number of rotatable bonds is 6. The topological polar surface area (TPSA) is 89.4 Å². The molecule has 0 aliphatic carbocycles. The number of hydrogen-bond donors (Lipinski definition) is 2. The third-order valence-corrected chi connectivity index (χ3v) is 3.07. The number of nitrogens with one attached hydrogen (secondary N) is 1. The van der Waals surface area contributed by atoms with Crippen LogP contribution in [0.25, 0.3) is 0 Å². The minimum atomic E-state index is -0.875. The molecule has 0 atom stereocenters. The molecule has 2 rings (SSSR count). The van der Waals surface area contributed by atoms with Crippen molar-refractivity contribution in [2.24, 2.45) is 5.10 Å². The van der Waals surface area contributed by atoms with Gasteiger partial charge in [-0.3, -0.25) is 4.79 Å². The predicted molar refractivity (Wildman–Crippen MR) is 79.9 cm³/mol. The Morgan fingerprint density at radius 3 is 2.91 bits per heavy atom. The first-order chi connectivity index (χ1) is 10.5. The molecule has 1 heterocycles. The number of hydrogen-bond acceptors (Lipinski definition) is 6. The van der Waals surface area contributed by atoms with Gasteiger partial charge in [0, 0.05) is 0 Å². The minimum absolute atomic E-state index is 0.0616. The Bertz CT molecular complexity index is 553. The average molecular weight is 308 g/mol. The number of aromatic hydroxyl groups is 1. The maximum atomic E-state index is 11.8. The van der Waals surface area contributed by atoms with Gasteiger partial charge in [-0.05, 0) is 37.6 Å². The molecule has 0 aromatic heterocycles. The van der Waals surface area contributed by atoms with Gasteiger partial charge in [-0.25, -0.2) is 5.43 Å². The van der Waals surface area contributed by atoms with Crippen molar-refractivity contribution in [2.45, 2.75) is 26.1 Å². The zero-order valence-corrected chi connectivity index (χ0v) is 12.7. The van der Waals surface area contributed by atoms with Gasteiger partial charge in [0.15, 0.2) is 17.3 Å². The summed E-state index contributed by atoms with van der Waals surface area (Å²) in [5.74, 6) is -0.741. The Morgan fingerprint density at radius 2 is 2.23 bits per heavy atom. The van der Waals surface area contributed by atoms with Gasteiger partial charge >= 0.3 is 0 Å². The Kier molecular flexibility index (Phi) is 5.35. The lowest BCUT2D eigenvalue weighted by Gasteiger charge is -2.20. The van der Waals surface area contributed by atoms with Crippen molar-refractivity contribution in [2.75, 3.05) is 19.8 Å².